The van der Waals surface area contributed by atoms with Crippen LogP contribution in [0.25, 0.3) is 0 Å². The van der Waals surface area contributed by atoms with E-state index in [1.165, 1.54) is 0 Å². The summed E-state index contributed by atoms with van der Waals surface area (Å²) in [5.74, 6) is 0.214. The van der Waals surface area contributed by atoms with E-state index in [0.29, 0.717) is 24.5 Å². The molecule has 0 aliphatic carbocycles. The van der Waals surface area contributed by atoms with Crippen LogP contribution < -0.4 is 20.8 Å². The second kappa shape index (κ2) is 7.45. The lowest BCUT2D eigenvalue weighted by molar-refractivity contribution is -0.132. The van der Waals surface area contributed by atoms with E-state index in [-0.39, 0.29) is 5.11 Å². The zero-order chi connectivity index (χ0) is 17.7. The van der Waals surface area contributed by atoms with Crippen LogP contribution in [0, 0.1) is 0 Å². The van der Waals surface area contributed by atoms with Crippen molar-refractivity contribution in [2.24, 2.45) is 0 Å². The maximum absolute atomic E-state index is 12.7. The van der Waals surface area contributed by atoms with Crippen molar-refractivity contribution in [3.63, 3.8) is 0 Å². The molecule has 1 aromatic carbocycles. The highest BCUT2D eigenvalue weighted by molar-refractivity contribution is 7.80. The summed E-state index contributed by atoms with van der Waals surface area (Å²) < 4.78 is 10.00. The Bertz CT molecular complexity index is 637. The molecule has 0 radical (unpaired) electrons. The van der Waals surface area contributed by atoms with Gasteiger partial charge in [0, 0.05) is 13.7 Å². The van der Waals surface area contributed by atoms with Crippen LogP contribution in [0.5, 0.6) is 5.75 Å². The van der Waals surface area contributed by atoms with Crippen LogP contribution in [0.3, 0.4) is 0 Å². The zero-order valence-corrected chi connectivity index (χ0v) is 14.5. The number of hydrogen-bond acceptors (Lipinski definition) is 5. The van der Waals surface area contributed by atoms with E-state index < -0.39 is 17.5 Å². The van der Waals surface area contributed by atoms with Crippen LogP contribution >= 0.6 is 12.2 Å². The predicted molar refractivity (Wildman–Crippen MR) is 91.3 cm³/mol. The average Bonchev–Trinajstić information content (AvgIpc) is 2.79. The van der Waals surface area contributed by atoms with E-state index in [2.05, 4.69) is 16.1 Å². The van der Waals surface area contributed by atoms with Gasteiger partial charge in [0.1, 0.15) is 11.3 Å². The Morgan fingerprint density at radius 2 is 1.96 bits per heavy atom. The molecule has 1 aliphatic rings. The quantitative estimate of drug-likeness (QED) is 0.390. The molecule has 1 saturated heterocycles. The second-order valence-corrected chi connectivity index (χ2v) is 5.69. The number of nitrogens with one attached hydrogen (secondary N) is 3. The number of imide groups is 1. The first-order valence-corrected chi connectivity index (χ1v) is 7.68. The molecule has 3 N–H and O–H groups in total. The van der Waals surface area contributed by atoms with Gasteiger partial charge in [-0.15, -0.1) is 0 Å². The summed E-state index contributed by atoms with van der Waals surface area (Å²) in [5.41, 5.74) is 2.06. The summed E-state index contributed by atoms with van der Waals surface area (Å²) >= 11 is 5.07. The Morgan fingerprint density at radius 3 is 2.54 bits per heavy atom. The third kappa shape index (κ3) is 3.57. The Kier molecular flexibility index (Phi) is 5.58. The third-order valence-electron chi connectivity index (χ3n) is 3.66. The van der Waals surface area contributed by atoms with Crippen LogP contribution in [0.4, 0.5) is 4.79 Å². The van der Waals surface area contributed by atoms with Gasteiger partial charge in [-0.25, -0.2) is 4.79 Å². The van der Waals surface area contributed by atoms with Gasteiger partial charge in [-0.05, 0) is 36.8 Å². The van der Waals surface area contributed by atoms with Gasteiger partial charge in [0.2, 0.25) is 0 Å². The summed E-state index contributed by atoms with van der Waals surface area (Å²) in [6.07, 6.45) is 0. The molecule has 9 heteroatoms. The topological polar surface area (TPSA) is 91.9 Å². The van der Waals surface area contributed by atoms with Crippen molar-refractivity contribution in [2.75, 3.05) is 27.4 Å². The lowest BCUT2D eigenvalue weighted by Gasteiger charge is -2.22. The fourth-order valence-corrected chi connectivity index (χ4v) is 2.46. The van der Waals surface area contributed by atoms with Gasteiger partial charge < -0.3 is 20.1 Å². The van der Waals surface area contributed by atoms with E-state index >= 15 is 0 Å². The van der Waals surface area contributed by atoms with Crippen molar-refractivity contribution in [1.82, 2.24) is 21.1 Å². The molecule has 8 nitrogen and oxygen atoms in total. The van der Waals surface area contributed by atoms with Crippen molar-refractivity contribution in [1.29, 1.82) is 0 Å². The number of nitrogens with zero attached hydrogens (tertiary/aromatic N) is 1. The van der Waals surface area contributed by atoms with E-state index in [9.17, 15) is 9.59 Å². The van der Waals surface area contributed by atoms with Gasteiger partial charge in [-0.1, -0.05) is 12.1 Å². The Morgan fingerprint density at radius 1 is 1.29 bits per heavy atom. The number of hydrazine groups is 1. The summed E-state index contributed by atoms with van der Waals surface area (Å²) in [6.45, 7) is 2.55. The van der Waals surface area contributed by atoms with Crippen molar-refractivity contribution in [3.8, 4) is 5.75 Å². The van der Waals surface area contributed by atoms with Crippen molar-refractivity contribution in [3.05, 3.63) is 29.8 Å². The molecule has 2 rings (SSSR count). The number of amides is 3. The van der Waals surface area contributed by atoms with E-state index in [1.807, 2.05) is 0 Å². The molecule has 1 atom stereocenters. The minimum Gasteiger partial charge on any atom is -0.497 e. The fraction of sp³-hybridized carbons (Fsp3) is 0.400. The second-order valence-electron chi connectivity index (χ2n) is 5.28. The molecular weight excluding hydrogens is 332 g/mol. The fourth-order valence-electron chi connectivity index (χ4n) is 2.27. The Balaban J connectivity index is 2.10. The van der Waals surface area contributed by atoms with E-state index in [4.69, 9.17) is 21.7 Å². The molecular formula is C15H20N4O4S. The molecule has 0 spiro atoms. The Hall–Kier alpha value is -2.39. The Labute approximate surface area is 145 Å². The molecule has 3 amide bonds. The maximum Gasteiger partial charge on any atom is 0.344 e. The molecule has 0 saturated carbocycles. The lowest BCUT2D eigenvalue weighted by atomic mass is 9.92. The normalized spacial score (nSPS) is 19.9. The molecule has 1 aromatic rings. The van der Waals surface area contributed by atoms with Crippen LogP contribution in [0.15, 0.2) is 24.3 Å². The average molecular weight is 352 g/mol. The summed E-state index contributed by atoms with van der Waals surface area (Å²) in [4.78, 5) is 24.9. The van der Waals surface area contributed by atoms with Gasteiger partial charge in [0.05, 0.1) is 13.7 Å². The number of benzene rings is 1. The highest BCUT2D eigenvalue weighted by atomic mass is 32.1. The highest BCUT2D eigenvalue weighted by Gasteiger charge is 2.49. The number of carbonyl (C=O) groups excluding carboxylic acids is 2. The maximum atomic E-state index is 12.7. The van der Waals surface area contributed by atoms with Crippen molar-refractivity contribution in [2.45, 2.75) is 12.5 Å². The van der Waals surface area contributed by atoms with Gasteiger partial charge in [-0.2, -0.15) is 5.01 Å². The predicted octanol–water partition coefficient (Wildman–Crippen LogP) is 0.488. The van der Waals surface area contributed by atoms with Crippen LogP contribution in [-0.2, 0) is 15.1 Å². The largest absolute Gasteiger partial charge is 0.497 e. The molecule has 24 heavy (non-hydrogen) atoms. The van der Waals surface area contributed by atoms with Gasteiger partial charge >= 0.3 is 6.03 Å². The number of urea groups is 1. The lowest BCUT2D eigenvalue weighted by Crippen LogP contribution is -2.51. The SMILES string of the molecule is COCCNC(=S)NN1C(=O)N[C@@](C)(c2ccc(OC)cc2)C1=O. The van der Waals surface area contributed by atoms with Crippen molar-refractivity contribution >= 4 is 29.3 Å². The molecule has 130 valence electrons. The van der Waals surface area contributed by atoms with Crippen LogP contribution in [0.2, 0.25) is 0 Å². The third-order valence-corrected chi connectivity index (χ3v) is 3.90. The summed E-state index contributed by atoms with van der Waals surface area (Å²) in [6, 6.07) is 6.35. The van der Waals surface area contributed by atoms with Gasteiger partial charge in [0.25, 0.3) is 5.91 Å². The first-order chi connectivity index (χ1) is 11.4. The zero-order valence-electron chi connectivity index (χ0n) is 13.7. The van der Waals surface area contributed by atoms with Crippen molar-refractivity contribution < 1.29 is 19.1 Å². The standard InChI is InChI=1S/C15H20N4O4S/c1-15(10-4-6-11(23-3)7-5-10)12(20)19(14(21)17-15)18-13(24)16-8-9-22-2/h4-7H,8-9H2,1-3H3,(H,17,21)(H2,16,18,24)/t15-/m0/s1. The molecule has 0 bridgehead atoms. The monoisotopic (exact) mass is 352 g/mol. The molecule has 0 unspecified atom stereocenters. The number of ether oxygens (including phenoxy) is 2. The molecule has 1 aliphatic heterocycles. The summed E-state index contributed by atoms with van der Waals surface area (Å²) in [7, 11) is 3.12. The van der Waals surface area contributed by atoms with Gasteiger partial charge in [-0.3, -0.25) is 10.2 Å². The number of rotatable bonds is 6. The van der Waals surface area contributed by atoms with E-state index in [0.717, 1.165) is 5.01 Å². The first kappa shape index (κ1) is 18.0. The van der Waals surface area contributed by atoms with Gasteiger partial charge in [0.15, 0.2) is 5.11 Å². The van der Waals surface area contributed by atoms with Crippen LogP contribution in [0.1, 0.15) is 12.5 Å². The molecule has 1 fully saturated rings. The number of thiocarbonyl (C=S) groups is 1. The number of methoxy groups -OCH3 is 2. The smallest absolute Gasteiger partial charge is 0.344 e. The highest BCUT2D eigenvalue weighted by Crippen LogP contribution is 2.29. The number of carbonyl (C=O) groups is 2. The summed E-state index contributed by atoms with van der Waals surface area (Å²) in [5, 5.41) is 6.55. The molecule has 1 heterocycles. The first-order valence-electron chi connectivity index (χ1n) is 7.27. The minimum atomic E-state index is -1.18. The minimum absolute atomic E-state index is 0.162. The van der Waals surface area contributed by atoms with E-state index in [1.54, 1.807) is 45.4 Å². The van der Waals surface area contributed by atoms with Crippen LogP contribution in [-0.4, -0.2) is 49.4 Å². The number of hydrogen-bond donors (Lipinski definition) is 3. The molecule has 0 aromatic heterocycles.